The molecule has 14 heavy (non-hydrogen) atoms. The van der Waals surface area contributed by atoms with Crippen LogP contribution < -0.4 is 5.73 Å². The minimum Gasteiger partial charge on any atom is -0.430 e. The lowest BCUT2D eigenvalue weighted by Crippen LogP contribution is -2.01. The Balaban J connectivity index is 2.43. The van der Waals surface area contributed by atoms with Crippen LogP contribution in [0, 0.1) is 13.8 Å². The van der Waals surface area contributed by atoms with Gasteiger partial charge in [-0.3, -0.25) is 0 Å². The molecule has 0 aliphatic heterocycles. The number of nitrogens with zero attached hydrogens (tertiary/aromatic N) is 3. The van der Waals surface area contributed by atoms with E-state index in [1.807, 2.05) is 19.9 Å². The van der Waals surface area contributed by atoms with Crippen LogP contribution in [0.25, 0.3) is 6.01 Å². The minimum atomic E-state index is 0.378. The fourth-order valence-corrected chi connectivity index (χ4v) is 1.31. The maximum atomic E-state index is 5.43. The number of nitrogens with two attached hydrogens (primary N) is 1. The van der Waals surface area contributed by atoms with Crippen molar-refractivity contribution in [3.63, 3.8) is 0 Å². The van der Waals surface area contributed by atoms with Crippen LogP contribution in [-0.4, -0.2) is 14.8 Å². The van der Waals surface area contributed by atoms with E-state index in [1.54, 1.807) is 10.9 Å². The second-order valence-corrected chi connectivity index (χ2v) is 3.16. The lowest BCUT2D eigenvalue weighted by molar-refractivity contribution is 0.504. The summed E-state index contributed by atoms with van der Waals surface area (Å²) in [5.74, 6) is 0. The molecule has 5 nitrogen and oxygen atoms in total. The molecule has 0 aliphatic rings. The second kappa shape index (κ2) is 3.26. The molecule has 0 bridgehead atoms. The van der Waals surface area contributed by atoms with Crippen molar-refractivity contribution in [2.45, 2.75) is 20.4 Å². The van der Waals surface area contributed by atoms with Crippen LogP contribution in [-0.2, 0) is 6.54 Å². The fourth-order valence-electron chi connectivity index (χ4n) is 1.31. The molecular weight excluding hydrogens is 180 g/mol. The second-order valence-electron chi connectivity index (χ2n) is 3.16. The Labute approximate surface area is 81.5 Å². The van der Waals surface area contributed by atoms with E-state index >= 15 is 0 Å². The van der Waals surface area contributed by atoms with E-state index in [0.29, 0.717) is 12.6 Å². The number of rotatable bonds is 2. The van der Waals surface area contributed by atoms with Gasteiger partial charge in [-0.1, -0.05) is 0 Å². The SMILES string of the molecule is Cc1cc(C)n(-c2nc(CN)co2)n1. The van der Waals surface area contributed by atoms with Crippen LogP contribution in [0.2, 0.25) is 0 Å². The van der Waals surface area contributed by atoms with Crippen molar-refractivity contribution in [2.75, 3.05) is 0 Å². The fraction of sp³-hybridized carbons (Fsp3) is 0.333. The first-order valence-electron chi connectivity index (χ1n) is 4.39. The molecule has 0 saturated carbocycles. The van der Waals surface area contributed by atoms with Gasteiger partial charge in [0.2, 0.25) is 0 Å². The molecule has 0 saturated heterocycles. The topological polar surface area (TPSA) is 69.9 Å². The molecule has 2 aromatic rings. The largest absolute Gasteiger partial charge is 0.430 e. The quantitative estimate of drug-likeness (QED) is 0.768. The van der Waals surface area contributed by atoms with Crippen LogP contribution in [0.5, 0.6) is 0 Å². The summed E-state index contributed by atoms with van der Waals surface area (Å²) < 4.78 is 6.91. The highest BCUT2D eigenvalue weighted by molar-refractivity contribution is 5.17. The molecule has 2 aromatic heterocycles. The van der Waals surface area contributed by atoms with Crippen molar-refractivity contribution in [3.05, 3.63) is 29.4 Å². The Morgan fingerprint density at radius 2 is 2.29 bits per heavy atom. The molecule has 0 aromatic carbocycles. The van der Waals surface area contributed by atoms with Gasteiger partial charge in [-0.2, -0.15) is 14.8 Å². The standard InChI is InChI=1S/C9H12N4O/c1-6-3-7(2)13(12-6)9-11-8(4-10)5-14-9/h3,5H,4,10H2,1-2H3. The number of hydrogen-bond acceptors (Lipinski definition) is 4. The predicted molar refractivity (Wildman–Crippen MR) is 51.0 cm³/mol. The van der Waals surface area contributed by atoms with E-state index in [-0.39, 0.29) is 0 Å². The first kappa shape index (κ1) is 8.96. The molecule has 0 spiro atoms. The predicted octanol–water partition coefficient (Wildman–Crippen LogP) is 0.936. The monoisotopic (exact) mass is 192 g/mol. The zero-order valence-electron chi connectivity index (χ0n) is 8.19. The van der Waals surface area contributed by atoms with Gasteiger partial charge in [-0.05, 0) is 19.9 Å². The van der Waals surface area contributed by atoms with E-state index in [0.717, 1.165) is 17.1 Å². The minimum absolute atomic E-state index is 0.378. The lowest BCUT2D eigenvalue weighted by Gasteiger charge is -1.95. The summed E-state index contributed by atoms with van der Waals surface area (Å²) in [7, 11) is 0. The third kappa shape index (κ3) is 1.42. The average Bonchev–Trinajstić information content (AvgIpc) is 2.71. The molecule has 0 atom stereocenters. The van der Waals surface area contributed by atoms with Gasteiger partial charge in [0.25, 0.3) is 0 Å². The van der Waals surface area contributed by atoms with Gasteiger partial charge in [0.1, 0.15) is 6.26 Å². The highest BCUT2D eigenvalue weighted by Gasteiger charge is 2.09. The van der Waals surface area contributed by atoms with E-state index in [9.17, 15) is 0 Å². The zero-order chi connectivity index (χ0) is 10.1. The molecule has 74 valence electrons. The normalized spacial score (nSPS) is 10.8. The zero-order valence-corrected chi connectivity index (χ0v) is 8.19. The van der Waals surface area contributed by atoms with Gasteiger partial charge in [-0.25, -0.2) is 0 Å². The van der Waals surface area contributed by atoms with Crippen molar-refractivity contribution >= 4 is 0 Å². The van der Waals surface area contributed by atoms with Crippen LogP contribution in [0.4, 0.5) is 0 Å². The Bertz CT molecular complexity index is 443. The van der Waals surface area contributed by atoms with E-state index in [4.69, 9.17) is 10.2 Å². The third-order valence-corrected chi connectivity index (χ3v) is 1.94. The summed E-state index contributed by atoms with van der Waals surface area (Å²) in [6, 6.07) is 2.43. The molecule has 0 unspecified atom stereocenters. The third-order valence-electron chi connectivity index (χ3n) is 1.94. The maximum Gasteiger partial charge on any atom is 0.323 e. The van der Waals surface area contributed by atoms with Crippen molar-refractivity contribution in [3.8, 4) is 6.01 Å². The Kier molecular flexibility index (Phi) is 2.09. The van der Waals surface area contributed by atoms with Crippen LogP contribution in [0.1, 0.15) is 17.1 Å². The highest BCUT2D eigenvalue weighted by atomic mass is 16.4. The van der Waals surface area contributed by atoms with Gasteiger partial charge >= 0.3 is 6.01 Å². The Morgan fingerprint density at radius 3 is 2.79 bits per heavy atom. The number of oxazole rings is 1. The van der Waals surface area contributed by atoms with Gasteiger partial charge < -0.3 is 10.2 Å². The van der Waals surface area contributed by atoms with Crippen molar-refractivity contribution in [1.82, 2.24) is 14.8 Å². The maximum absolute atomic E-state index is 5.43. The molecule has 2 rings (SSSR count). The summed E-state index contributed by atoms with van der Waals surface area (Å²) in [5, 5.41) is 4.25. The number of aryl methyl sites for hydroxylation is 2. The average molecular weight is 192 g/mol. The molecule has 0 amide bonds. The first-order valence-corrected chi connectivity index (χ1v) is 4.39. The van der Waals surface area contributed by atoms with Gasteiger partial charge in [0.15, 0.2) is 0 Å². The van der Waals surface area contributed by atoms with Crippen molar-refractivity contribution in [2.24, 2.45) is 5.73 Å². The van der Waals surface area contributed by atoms with Crippen LogP contribution in [0.15, 0.2) is 16.7 Å². The summed E-state index contributed by atoms with van der Waals surface area (Å²) in [4.78, 5) is 4.18. The van der Waals surface area contributed by atoms with Crippen LogP contribution in [0.3, 0.4) is 0 Å². The van der Waals surface area contributed by atoms with E-state index < -0.39 is 0 Å². The van der Waals surface area contributed by atoms with Crippen LogP contribution >= 0.6 is 0 Å². The van der Waals surface area contributed by atoms with Gasteiger partial charge in [-0.15, -0.1) is 0 Å². The number of hydrogen-bond donors (Lipinski definition) is 1. The Hall–Kier alpha value is -1.62. The summed E-state index contributed by atoms with van der Waals surface area (Å²) in [6.45, 7) is 4.26. The van der Waals surface area contributed by atoms with E-state index in [2.05, 4.69) is 10.1 Å². The molecule has 5 heteroatoms. The number of aromatic nitrogens is 3. The van der Waals surface area contributed by atoms with Gasteiger partial charge in [0.05, 0.1) is 11.4 Å². The summed E-state index contributed by atoms with van der Waals surface area (Å²) in [5.41, 5.74) is 8.09. The van der Waals surface area contributed by atoms with E-state index in [1.165, 1.54) is 0 Å². The molecular formula is C9H12N4O. The van der Waals surface area contributed by atoms with Gasteiger partial charge in [0, 0.05) is 12.2 Å². The molecule has 2 heterocycles. The molecule has 0 radical (unpaired) electrons. The van der Waals surface area contributed by atoms with Crippen molar-refractivity contribution in [1.29, 1.82) is 0 Å². The molecule has 0 aliphatic carbocycles. The molecule has 0 fully saturated rings. The highest BCUT2D eigenvalue weighted by Crippen LogP contribution is 2.11. The summed E-state index contributed by atoms with van der Waals surface area (Å²) >= 11 is 0. The molecule has 2 N–H and O–H groups in total. The summed E-state index contributed by atoms with van der Waals surface area (Å²) in [6.07, 6.45) is 1.55. The Morgan fingerprint density at radius 1 is 1.50 bits per heavy atom. The smallest absolute Gasteiger partial charge is 0.323 e. The van der Waals surface area contributed by atoms with Crippen molar-refractivity contribution < 1.29 is 4.42 Å². The first-order chi connectivity index (χ1) is 6.70. The lowest BCUT2D eigenvalue weighted by atomic mass is 10.4.